The van der Waals surface area contributed by atoms with Crippen molar-refractivity contribution in [2.24, 2.45) is 0 Å². The highest BCUT2D eigenvalue weighted by Gasteiger charge is 2.20. The van der Waals surface area contributed by atoms with E-state index in [-0.39, 0.29) is 5.78 Å². The summed E-state index contributed by atoms with van der Waals surface area (Å²) in [5.74, 6) is -0.933. The number of Topliss-reactive ketones (excluding diaryl/α,β-unsaturated/α-hetero) is 1. The highest BCUT2D eigenvalue weighted by atomic mass is 32.2. The number of carbonyl (C=O) groups excluding carboxylic acids is 2. The summed E-state index contributed by atoms with van der Waals surface area (Å²) in [6, 6.07) is 11.1. The third-order valence-electron chi connectivity index (χ3n) is 3.87. The fourth-order valence-electron chi connectivity index (χ4n) is 2.30. The number of benzene rings is 2. The summed E-state index contributed by atoms with van der Waals surface area (Å²) >= 11 is 0. The molecule has 0 aromatic heterocycles. The summed E-state index contributed by atoms with van der Waals surface area (Å²) in [5.41, 5.74) is 3.09. The summed E-state index contributed by atoms with van der Waals surface area (Å²) in [6.07, 6.45) is 0.0817. The minimum Gasteiger partial charge on any atom is -0.451 e. The Morgan fingerprint density at radius 1 is 0.962 bits per heavy atom. The standard InChI is InChI=1S/C19H21NO5S/c1-12-5-6-16(11-13(12)2)19(22)25-14(3)18(21)15-7-9-17(10-8-15)20-26(4,23)24/h5-11,14,20H,1-4H3/t14-/m1/s1. The van der Waals surface area contributed by atoms with Gasteiger partial charge in [0.2, 0.25) is 15.8 Å². The van der Waals surface area contributed by atoms with Crippen LogP contribution in [0.4, 0.5) is 5.69 Å². The van der Waals surface area contributed by atoms with Gasteiger partial charge in [0.15, 0.2) is 6.10 Å². The van der Waals surface area contributed by atoms with Crippen molar-refractivity contribution < 1.29 is 22.7 Å². The van der Waals surface area contributed by atoms with E-state index in [9.17, 15) is 18.0 Å². The Morgan fingerprint density at radius 2 is 1.54 bits per heavy atom. The van der Waals surface area contributed by atoms with Crippen molar-refractivity contribution in [3.05, 3.63) is 64.7 Å². The monoisotopic (exact) mass is 375 g/mol. The zero-order valence-electron chi connectivity index (χ0n) is 15.1. The molecule has 2 aromatic rings. The predicted molar refractivity (Wildman–Crippen MR) is 100 cm³/mol. The first kappa shape index (κ1) is 19.7. The van der Waals surface area contributed by atoms with Crippen molar-refractivity contribution in [2.45, 2.75) is 26.9 Å². The van der Waals surface area contributed by atoms with Gasteiger partial charge in [0.25, 0.3) is 0 Å². The minimum absolute atomic E-state index is 0.324. The highest BCUT2D eigenvalue weighted by molar-refractivity contribution is 7.92. The quantitative estimate of drug-likeness (QED) is 0.619. The molecular weight excluding hydrogens is 354 g/mol. The molecule has 0 spiro atoms. The summed E-state index contributed by atoms with van der Waals surface area (Å²) in [7, 11) is -3.38. The van der Waals surface area contributed by atoms with E-state index >= 15 is 0 Å². The number of aryl methyl sites for hydroxylation is 2. The summed E-state index contributed by atoms with van der Waals surface area (Å²) in [5, 5.41) is 0. The Morgan fingerprint density at radius 3 is 2.08 bits per heavy atom. The Balaban J connectivity index is 2.06. The van der Waals surface area contributed by atoms with Crippen LogP contribution in [-0.4, -0.2) is 32.5 Å². The molecule has 0 unspecified atom stereocenters. The van der Waals surface area contributed by atoms with Crippen molar-refractivity contribution in [1.82, 2.24) is 0 Å². The maximum Gasteiger partial charge on any atom is 0.338 e. The number of ether oxygens (including phenoxy) is 1. The van der Waals surface area contributed by atoms with Crippen LogP contribution in [0, 0.1) is 13.8 Å². The molecule has 0 aliphatic rings. The highest BCUT2D eigenvalue weighted by Crippen LogP contribution is 2.15. The van der Waals surface area contributed by atoms with E-state index in [1.54, 1.807) is 12.1 Å². The van der Waals surface area contributed by atoms with Gasteiger partial charge in [-0.15, -0.1) is 0 Å². The van der Waals surface area contributed by atoms with E-state index in [0.29, 0.717) is 16.8 Å². The van der Waals surface area contributed by atoms with Crippen LogP contribution in [0.5, 0.6) is 0 Å². The number of hydrogen-bond acceptors (Lipinski definition) is 5. The second-order valence-electron chi connectivity index (χ2n) is 6.16. The number of nitrogens with one attached hydrogen (secondary N) is 1. The van der Waals surface area contributed by atoms with Gasteiger partial charge in [-0.1, -0.05) is 6.07 Å². The largest absolute Gasteiger partial charge is 0.451 e. The van der Waals surface area contributed by atoms with Gasteiger partial charge in [-0.05, 0) is 68.3 Å². The smallest absolute Gasteiger partial charge is 0.338 e. The van der Waals surface area contributed by atoms with Crippen LogP contribution in [0.2, 0.25) is 0 Å². The lowest BCUT2D eigenvalue weighted by Crippen LogP contribution is -2.24. The average molecular weight is 375 g/mol. The first-order chi connectivity index (χ1) is 12.1. The predicted octanol–water partition coefficient (Wildman–Crippen LogP) is 3.10. The molecule has 0 amide bonds. The summed E-state index contributed by atoms with van der Waals surface area (Å²) < 4.78 is 30.0. The molecule has 1 N–H and O–H groups in total. The lowest BCUT2D eigenvalue weighted by atomic mass is 10.1. The molecule has 26 heavy (non-hydrogen) atoms. The normalized spacial score (nSPS) is 12.3. The molecule has 0 aliphatic carbocycles. The molecule has 0 heterocycles. The minimum atomic E-state index is -3.38. The number of carbonyl (C=O) groups is 2. The van der Waals surface area contributed by atoms with E-state index in [1.807, 2.05) is 19.9 Å². The lowest BCUT2D eigenvalue weighted by Gasteiger charge is -2.13. The van der Waals surface area contributed by atoms with Gasteiger partial charge < -0.3 is 4.74 Å². The van der Waals surface area contributed by atoms with Crippen LogP contribution in [0.25, 0.3) is 0 Å². The van der Waals surface area contributed by atoms with Crippen molar-refractivity contribution in [3.8, 4) is 0 Å². The Labute approximate surface area is 153 Å². The topological polar surface area (TPSA) is 89.5 Å². The van der Waals surface area contributed by atoms with Crippen LogP contribution in [0.1, 0.15) is 38.8 Å². The molecule has 0 radical (unpaired) electrons. The van der Waals surface area contributed by atoms with Crippen LogP contribution in [0.15, 0.2) is 42.5 Å². The van der Waals surface area contributed by atoms with Crippen LogP contribution in [-0.2, 0) is 14.8 Å². The van der Waals surface area contributed by atoms with Gasteiger partial charge in [0, 0.05) is 11.3 Å². The molecule has 1 atom stereocenters. The van der Waals surface area contributed by atoms with Gasteiger partial charge in [-0.25, -0.2) is 13.2 Å². The second kappa shape index (κ2) is 7.70. The molecule has 2 aromatic carbocycles. The van der Waals surface area contributed by atoms with E-state index in [4.69, 9.17) is 4.74 Å². The van der Waals surface area contributed by atoms with Crippen molar-refractivity contribution in [2.75, 3.05) is 11.0 Å². The maximum absolute atomic E-state index is 12.4. The van der Waals surface area contributed by atoms with Gasteiger partial charge in [-0.3, -0.25) is 9.52 Å². The fraction of sp³-hybridized carbons (Fsp3) is 0.263. The maximum atomic E-state index is 12.4. The number of rotatable bonds is 6. The fourth-order valence-corrected chi connectivity index (χ4v) is 2.87. The van der Waals surface area contributed by atoms with Crippen molar-refractivity contribution in [3.63, 3.8) is 0 Å². The lowest BCUT2D eigenvalue weighted by molar-refractivity contribution is 0.0318. The molecule has 138 valence electrons. The van der Waals surface area contributed by atoms with Crippen LogP contribution < -0.4 is 4.72 Å². The molecule has 0 aliphatic heterocycles. The number of hydrogen-bond donors (Lipinski definition) is 1. The van der Waals surface area contributed by atoms with E-state index < -0.39 is 22.1 Å². The van der Waals surface area contributed by atoms with E-state index in [0.717, 1.165) is 17.4 Å². The molecule has 0 bridgehead atoms. The SMILES string of the molecule is Cc1ccc(C(=O)O[C@H](C)C(=O)c2ccc(NS(C)(=O)=O)cc2)cc1C. The van der Waals surface area contributed by atoms with E-state index in [1.165, 1.54) is 31.2 Å². The number of ketones is 1. The zero-order chi connectivity index (χ0) is 19.5. The third kappa shape index (κ3) is 5.16. The Kier molecular flexibility index (Phi) is 5.82. The van der Waals surface area contributed by atoms with E-state index in [2.05, 4.69) is 4.72 Å². The van der Waals surface area contributed by atoms with Crippen molar-refractivity contribution >= 4 is 27.5 Å². The van der Waals surface area contributed by atoms with Gasteiger partial charge in [-0.2, -0.15) is 0 Å². The first-order valence-electron chi connectivity index (χ1n) is 7.97. The first-order valence-corrected chi connectivity index (χ1v) is 9.86. The third-order valence-corrected chi connectivity index (χ3v) is 4.47. The van der Waals surface area contributed by atoms with Crippen LogP contribution in [0.3, 0.4) is 0 Å². The van der Waals surface area contributed by atoms with Gasteiger partial charge >= 0.3 is 5.97 Å². The molecule has 0 fully saturated rings. The molecule has 2 rings (SSSR count). The summed E-state index contributed by atoms with van der Waals surface area (Å²) in [4.78, 5) is 24.6. The molecule has 0 saturated carbocycles. The Hall–Kier alpha value is -2.67. The van der Waals surface area contributed by atoms with Crippen LogP contribution >= 0.6 is 0 Å². The Bertz CT molecular complexity index is 933. The number of sulfonamides is 1. The summed E-state index contributed by atoms with van der Waals surface area (Å²) in [6.45, 7) is 5.34. The second-order valence-corrected chi connectivity index (χ2v) is 7.91. The average Bonchev–Trinajstić information content (AvgIpc) is 2.55. The van der Waals surface area contributed by atoms with Gasteiger partial charge in [0.1, 0.15) is 0 Å². The molecule has 0 saturated heterocycles. The number of anilines is 1. The zero-order valence-corrected chi connectivity index (χ0v) is 15.9. The molecule has 6 nitrogen and oxygen atoms in total. The number of esters is 1. The molecule has 7 heteroatoms. The van der Waals surface area contributed by atoms with Gasteiger partial charge in [0.05, 0.1) is 11.8 Å². The molecular formula is C19H21NO5S. The van der Waals surface area contributed by atoms with Crippen molar-refractivity contribution in [1.29, 1.82) is 0 Å².